The molecule has 0 spiro atoms. The van der Waals surface area contributed by atoms with E-state index in [9.17, 15) is 4.79 Å². The largest absolute Gasteiger partial charge is 0.356 e. The van der Waals surface area contributed by atoms with Crippen LogP contribution in [0.15, 0.2) is 67.0 Å². The molecule has 0 unspecified atom stereocenters. The summed E-state index contributed by atoms with van der Waals surface area (Å²) in [5.74, 6) is 1.02. The molecule has 1 aliphatic heterocycles. The van der Waals surface area contributed by atoms with Crippen LogP contribution in [0.3, 0.4) is 0 Å². The Morgan fingerprint density at radius 2 is 1.76 bits per heavy atom. The molecule has 29 heavy (non-hydrogen) atoms. The van der Waals surface area contributed by atoms with Gasteiger partial charge in [-0.25, -0.2) is 9.97 Å². The molecule has 0 aliphatic carbocycles. The highest BCUT2D eigenvalue weighted by Gasteiger charge is 2.25. The normalized spacial score (nSPS) is 14.6. The van der Waals surface area contributed by atoms with Crippen LogP contribution < -0.4 is 10.2 Å². The van der Waals surface area contributed by atoms with Crippen molar-refractivity contribution in [3.63, 3.8) is 0 Å². The molecule has 1 N–H and O–H groups in total. The fraction of sp³-hybridized carbons (Fsp3) is 0.261. The molecule has 1 saturated heterocycles. The lowest BCUT2D eigenvalue weighted by molar-refractivity contribution is -0.125. The van der Waals surface area contributed by atoms with Crippen LogP contribution in [0, 0.1) is 5.92 Å². The molecular formula is C23H23ClN4O. The average molecular weight is 407 g/mol. The van der Waals surface area contributed by atoms with Gasteiger partial charge in [-0.05, 0) is 24.5 Å². The lowest BCUT2D eigenvalue weighted by atomic mass is 9.95. The lowest BCUT2D eigenvalue weighted by Gasteiger charge is -2.32. The first-order valence-corrected chi connectivity index (χ1v) is 10.2. The summed E-state index contributed by atoms with van der Waals surface area (Å²) in [7, 11) is 0. The minimum Gasteiger partial charge on any atom is -0.356 e. The zero-order valence-electron chi connectivity index (χ0n) is 16.1. The monoisotopic (exact) mass is 406 g/mol. The van der Waals surface area contributed by atoms with E-state index < -0.39 is 0 Å². The number of halogens is 1. The van der Waals surface area contributed by atoms with Crippen molar-refractivity contribution in [2.24, 2.45) is 5.92 Å². The van der Waals surface area contributed by atoms with E-state index in [1.54, 1.807) is 6.33 Å². The molecule has 148 valence electrons. The van der Waals surface area contributed by atoms with Crippen molar-refractivity contribution in [3.8, 4) is 11.3 Å². The van der Waals surface area contributed by atoms with Crippen LogP contribution in [-0.2, 0) is 11.3 Å². The van der Waals surface area contributed by atoms with Gasteiger partial charge >= 0.3 is 0 Å². The van der Waals surface area contributed by atoms with Crippen molar-refractivity contribution < 1.29 is 4.79 Å². The number of carbonyl (C=O) groups excluding carboxylic acids is 1. The second kappa shape index (κ2) is 9.05. The van der Waals surface area contributed by atoms with E-state index in [1.165, 1.54) is 0 Å². The van der Waals surface area contributed by atoms with Crippen LogP contribution in [0.4, 0.5) is 5.82 Å². The van der Waals surface area contributed by atoms with Gasteiger partial charge in [-0.3, -0.25) is 4.79 Å². The first-order valence-electron chi connectivity index (χ1n) is 9.84. The number of carbonyl (C=O) groups is 1. The van der Waals surface area contributed by atoms with Gasteiger partial charge in [-0.1, -0.05) is 60.1 Å². The summed E-state index contributed by atoms with van der Waals surface area (Å²) in [5, 5.41) is 3.71. The summed E-state index contributed by atoms with van der Waals surface area (Å²) in [5.41, 5.74) is 2.93. The molecule has 6 heteroatoms. The molecule has 1 aromatic heterocycles. The molecule has 0 radical (unpaired) electrons. The summed E-state index contributed by atoms with van der Waals surface area (Å²) < 4.78 is 0. The van der Waals surface area contributed by atoms with E-state index in [0.29, 0.717) is 11.6 Å². The maximum Gasteiger partial charge on any atom is 0.223 e. The smallest absolute Gasteiger partial charge is 0.223 e. The summed E-state index contributed by atoms with van der Waals surface area (Å²) in [6, 6.07) is 19.7. The molecule has 4 rings (SSSR count). The number of aromatic nitrogens is 2. The van der Waals surface area contributed by atoms with Gasteiger partial charge in [0.25, 0.3) is 0 Å². The molecule has 5 nitrogen and oxygen atoms in total. The molecule has 2 heterocycles. The van der Waals surface area contributed by atoms with Gasteiger partial charge in [0.1, 0.15) is 12.1 Å². The average Bonchev–Trinajstić information content (AvgIpc) is 2.79. The van der Waals surface area contributed by atoms with Crippen molar-refractivity contribution in [2.75, 3.05) is 18.0 Å². The van der Waals surface area contributed by atoms with E-state index in [1.807, 2.05) is 60.7 Å². The van der Waals surface area contributed by atoms with Gasteiger partial charge in [0.05, 0.1) is 5.69 Å². The lowest BCUT2D eigenvalue weighted by Crippen LogP contribution is -2.40. The Kier molecular flexibility index (Phi) is 6.06. The Morgan fingerprint density at radius 3 is 2.52 bits per heavy atom. The molecule has 0 saturated carbocycles. The number of hydrogen-bond donors (Lipinski definition) is 1. The predicted octanol–water partition coefficient (Wildman–Crippen LogP) is 4.33. The Labute approximate surface area is 175 Å². The first kappa shape index (κ1) is 19.4. The summed E-state index contributed by atoms with van der Waals surface area (Å²) in [6.45, 7) is 2.07. The van der Waals surface area contributed by atoms with Crippen molar-refractivity contribution in [2.45, 2.75) is 19.4 Å². The van der Waals surface area contributed by atoms with Gasteiger partial charge in [0.2, 0.25) is 5.91 Å². The molecule has 3 aromatic rings. The topological polar surface area (TPSA) is 58.1 Å². The number of amides is 1. The number of benzene rings is 2. The minimum absolute atomic E-state index is 0.0177. The fourth-order valence-electron chi connectivity index (χ4n) is 3.63. The minimum atomic E-state index is 0.0177. The maximum absolute atomic E-state index is 12.6. The number of rotatable bonds is 5. The summed E-state index contributed by atoms with van der Waals surface area (Å²) in [6.07, 6.45) is 3.22. The molecule has 2 aromatic carbocycles. The standard InChI is InChI=1S/C23H23ClN4O/c24-20-9-5-4-8-19(20)15-25-23(29)18-10-12-28(13-11-18)22-14-21(26-16-27-22)17-6-2-1-3-7-17/h1-9,14,16,18H,10-13,15H2,(H,25,29). The summed E-state index contributed by atoms with van der Waals surface area (Å²) in [4.78, 5) is 23.6. The summed E-state index contributed by atoms with van der Waals surface area (Å²) >= 11 is 6.17. The van der Waals surface area contributed by atoms with Gasteiger partial charge in [-0.15, -0.1) is 0 Å². The van der Waals surface area contributed by atoms with E-state index >= 15 is 0 Å². The fourth-order valence-corrected chi connectivity index (χ4v) is 3.83. The highest BCUT2D eigenvalue weighted by molar-refractivity contribution is 6.31. The van der Waals surface area contributed by atoms with Gasteiger partial charge < -0.3 is 10.2 Å². The number of nitrogens with zero attached hydrogens (tertiary/aromatic N) is 3. The predicted molar refractivity (Wildman–Crippen MR) is 116 cm³/mol. The molecule has 0 atom stereocenters. The quantitative estimate of drug-likeness (QED) is 0.685. The van der Waals surface area contributed by atoms with Crippen LogP contribution in [0.1, 0.15) is 18.4 Å². The molecule has 1 aliphatic rings. The van der Waals surface area contributed by atoms with Crippen molar-refractivity contribution in [1.82, 2.24) is 15.3 Å². The van der Waals surface area contributed by atoms with Crippen molar-refractivity contribution in [1.29, 1.82) is 0 Å². The van der Waals surface area contributed by atoms with E-state index in [0.717, 1.165) is 48.6 Å². The van der Waals surface area contributed by atoms with Crippen LogP contribution >= 0.6 is 11.6 Å². The van der Waals surface area contributed by atoms with Gasteiger partial charge in [-0.2, -0.15) is 0 Å². The highest BCUT2D eigenvalue weighted by atomic mass is 35.5. The van der Waals surface area contributed by atoms with Crippen molar-refractivity contribution in [3.05, 3.63) is 77.6 Å². The highest BCUT2D eigenvalue weighted by Crippen LogP contribution is 2.25. The Morgan fingerprint density at radius 1 is 1.03 bits per heavy atom. The third-order valence-electron chi connectivity index (χ3n) is 5.32. The number of nitrogens with one attached hydrogen (secondary N) is 1. The van der Waals surface area contributed by atoms with Crippen LogP contribution in [0.5, 0.6) is 0 Å². The number of hydrogen-bond acceptors (Lipinski definition) is 4. The van der Waals surface area contributed by atoms with E-state index in [-0.39, 0.29) is 11.8 Å². The first-order chi connectivity index (χ1) is 14.2. The zero-order valence-corrected chi connectivity index (χ0v) is 16.8. The number of piperidine rings is 1. The Bertz CT molecular complexity index is 971. The molecule has 1 fully saturated rings. The second-order valence-corrected chi connectivity index (χ2v) is 7.61. The van der Waals surface area contributed by atoms with Crippen LogP contribution in [0.25, 0.3) is 11.3 Å². The number of anilines is 1. The SMILES string of the molecule is O=C(NCc1ccccc1Cl)C1CCN(c2cc(-c3ccccc3)ncn2)CC1. The zero-order chi connectivity index (χ0) is 20.1. The molecular weight excluding hydrogens is 384 g/mol. The maximum atomic E-state index is 12.6. The second-order valence-electron chi connectivity index (χ2n) is 7.20. The molecule has 1 amide bonds. The van der Waals surface area contributed by atoms with Crippen LogP contribution in [0.2, 0.25) is 5.02 Å². The van der Waals surface area contributed by atoms with Crippen LogP contribution in [-0.4, -0.2) is 29.0 Å². The Hall–Kier alpha value is -2.92. The third-order valence-corrected chi connectivity index (χ3v) is 5.69. The van der Waals surface area contributed by atoms with Gasteiger partial charge in [0.15, 0.2) is 0 Å². The third kappa shape index (κ3) is 4.74. The van der Waals surface area contributed by atoms with E-state index in [4.69, 9.17) is 11.6 Å². The molecule has 0 bridgehead atoms. The van der Waals surface area contributed by atoms with E-state index in [2.05, 4.69) is 20.2 Å². The van der Waals surface area contributed by atoms with Gasteiger partial charge in [0, 0.05) is 42.2 Å². The van der Waals surface area contributed by atoms with Crippen molar-refractivity contribution >= 4 is 23.3 Å². The Balaban J connectivity index is 1.34.